The molecule has 0 saturated heterocycles. The summed E-state index contributed by atoms with van der Waals surface area (Å²) in [5, 5.41) is 11.7. The number of rotatable bonds is 7. The number of unbranched alkanes of at least 4 members (excludes halogenated alkanes) is 1. The minimum atomic E-state index is -0.0734. The van der Waals surface area contributed by atoms with Gasteiger partial charge in [0.2, 0.25) is 0 Å². The molecule has 0 spiro atoms. The fourth-order valence-corrected chi connectivity index (χ4v) is 1.90. The van der Waals surface area contributed by atoms with E-state index in [1.807, 2.05) is 19.1 Å². The number of carbonyl (C=O) groups excluding carboxylic acids is 1. The van der Waals surface area contributed by atoms with Gasteiger partial charge in [-0.1, -0.05) is 17.9 Å². The zero-order valence-electron chi connectivity index (χ0n) is 12.7. The lowest BCUT2D eigenvalue weighted by Gasteiger charge is -2.09. The Hall–Kier alpha value is -1.83. The molecule has 0 bridgehead atoms. The van der Waals surface area contributed by atoms with Crippen LogP contribution < -0.4 is 5.32 Å². The van der Waals surface area contributed by atoms with Crippen LogP contribution in [0.4, 0.5) is 0 Å². The maximum Gasteiger partial charge on any atom is 0.251 e. The lowest BCUT2D eigenvalue weighted by Crippen LogP contribution is -2.25. The smallest absolute Gasteiger partial charge is 0.251 e. The van der Waals surface area contributed by atoms with E-state index in [2.05, 4.69) is 17.2 Å². The van der Waals surface area contributed by atoms with Crippen molar-refractivity contribution in [1.82, 2.24) is 5.32 Å². The molecule has 0 saturated carbocycles. The van der Waals surface area contributed by atoms with Crippen LogP contribution in [0.5, 0.6) is 0 Å². The monoisotopic (exact) mass is 289 g/mol. The Balaban J connectivity index is 2.64. The minimum Gasteiger partial charge on any atom is -0.395 e. The molecule has 0 unspecified atom stereocenters. The molecular formula is C17H23NO3. The third-order valence-electron chi connectivity index (χ3n) is 3.10. The van der Waals surface area contributed by atoms with Gasteiger partial charge < -0.3 is 15.2 Å². The maximum atomic E-state index is 12.1. The summed E-state index contributed by atoms with van der Waals surface area (Å²) in [6.07, 6.45) is 2.27. The number of hydrogen-bond acceptors (Lipinski definition) is 3. The Morgan fingerprint density at radius 1 is 1.38 bits per heavy atom. The summed E-state index contributed by atoms with van der Waals surface area (Å²) in [5.41, 5.74) is 2.35. The van der Waals surface area contributed by atoms with Crippen LogP contribution in [-0.4, -0.2) is 37.9 Å². The number of nitrogens with one attached hydrogen (secondary N) is 1. The summed E-state index contributed by atoms with van der Waals surface area (Å²) >= 11 is 0. The van der Waals surface area contributed by atoms with E-state index in [0.29, 0.717) is 25.1 Å². The first kappa shape index (κ1) is 17.2. The van der Waals surface area contributed by atoms with E-state index in [4.69, 9.17) is 9.84 Å². The first-order valence-corrected chi connectivity index (χ1v) is 7.17. The zero-order chi connectivity index (χ0) is 15.5. The summed E-state index contributed by atoms with van der Waals surface area (Å²) in [7, 11) is 1.67. The predicted molar refractivity (Wildman–Crippen MR) is 83.2 cm³/mol. The first-order valence-electron chi connectivity index (χ1n) is 7.17. The average molecular weight is 289 g/mol. The van der Waals surface area contributed by atoms with Crippen molar-refractivity contribution < 1.29 is 14.6 Å². The van der Waals surface area contributed by atoms with Crippen LogP contribution in [0.1, 0.15) is 40.7 Å². The van der Waals surface area contributed by atoms with E-state index in [1.54, 1.807) is 13.2 Å². The molecule has 4 heteroatoms. The van der Waals surface area contributed by atoms with Crippen molar-refractivity contribution in [1.29, 1.82) is 0 Å². The van der Waals surface area contributed by atoms with Gasteiger partial charge in [-0.25, -0.2) is 0 Å². The molecule has 0 aromatic heterocycles. The van der Waals surface area contributed by atoms with E-state index in [1.165, 1.54) is 0 Å². The average Bonchev–Trinajstić information content (AvgIpc) is 2.49. The molecule has 2 N–H and O–H groups in total. The van der Waals surface area contributed by atoms with E-state index >= 15 is 0 Å². The minimum absolute atomic E-state index is 0.0493. The largest absolute Gasteiger partial charge is 0.395 e. The third kappa shape index (κ3) is 5.99. The van der Waals surface area contributed by atoms with E-state index < -0.39 is 0 Å². The Labute approximate surface area is 126 Å². The van der Waals surface area contributed by atoms with Crippen LogP contribution in [0, 0.1) is 18.8 Å². The lowest BCUT2D eigenvalue weighted by molar-refractivity contribution is 0.0950. The topological polar surface area (TPSA) is 58.6 Å². The molecular weight excluding hydrogens is 266 g/mol. The van der Waals surface area contributed by atoms with Gasteiger partial charge in [0.25, 0.3) is 5.91 Å². The van der Waals surface area contributed by atoms with Gasteiger partial charge >= 0.3 is 0 Å². The van der Waals surface area contributed by atoms with Crippen LogP contribution >= 0.6 is 0 Å². The normalized spacial score (nSPS) is 9.86. The van der Waals surface area contributed by atoms with Crippen LogP contribution in [0.2, 0.25) is 0 Å². The zero-order valence-corrected chi connectivity index (χ0v) is 12.7. The lowest BCUT2D eigenvalue weighted by atomic mass is 10.0. The second-order valence-corrected chi connectivity index (χ2v) is 4.71. The highest BCUT2D eigenvalue weighted by Gasteiger charge is 2.10. The van der Waals surface area contributed by atoms with Gasteiger partial charge in [0.1, 0.15) is 0 Å². The molecule has 4 nitrogen and oxygen atoms in total. The van der Waals surface area contributed by atoms with Crippen molar-refractivity contribution in [2.24, 2.45) is 0 Å². The molecule has 0 aliphatic rings. The summed E-state index contributed by atoms with van der Waals surface area (Å²) in [4.78, 5) is 12.1. The molecule has 0 fully saturated rings. The Bertz CT molecular complexity index is 515. The highest BCUT2D eigenvalue weighted by Crippen LogP contribution is 2.13. The van der Waals surface area contributed by atoms with Gasteiger partial charge in [0, 0.05) is 37.8 Å². The molecule has 1 aromatic rings. The number of aliphatic hydroxyl groups is 1. The van der Waals surface area contributed by atoms with Gasteiger partial charge in [-0.3, -0.25) is 4.79 Å². The van der Waals surface area contributed by atoms with Crippen molar-refractivity contribution in [3.8, 4) is 11.8 Å². The molecule has 0 aliphatic carbocycles. The summed E-state index contributed by atoms with van der Waals surface area (Å²) in [6, 6.07) is 5.52. The van der Waals surface area contributed by atoms with Crippen LogP contribution in [-0.2, 0) is 4.74 Å². The SMILES string of the molecule is COCCCCNC(=O)c1cccc(C#CCCO)c1C. The van der Waals surface area contributed by atoms with Gasteiger partial charge in [-0.05, 0) is 37.5 Å². The number of benzene rings is 1. The van der Waals surface area contributed by atoms with Crippen molar-refractivity contribution in [3.63, 3.8) is 0 Å². The number of aliphatic hydroxyl groups excluding tert-OH is 1. The number of carbonyl (C=O) groups is 1. The Morgan fingerprint density at radius 2 is 2.19 bits per heavy atom. The fourth-order valence-electron chi connectivity index (χ4n) is 1.90. The second kappa shape index (κ2) is 9.98. The number of amides is 1. The molecule has 0 heterocycles. The highest BCUT2D eigenvalue weighted by atomic mass is 16.5. The molecule has 0 atom stereocenters. The maximum absolute atomic E-state index is 12.1. The number of hydrogen-bond donors (Lipinski definition) is 2. The predicted octanol–water partition coefficient (Wildman–Crippen LogP) is 1.89. The van der Waals surface area contributed by atoms with Gasteiger partial charge in [-0.2, -0.15) is 0 Å². The molecule has 1 aromatic carbocycles. The first-order chi connectivity index (χ1) is 10.2. The Kier molecular flexibility index (Phi) is 8.18. The third-order valence-corrected chi connectivity index (χ3v) is 3.10. The standard InChI is InChI=1S/C17H23NO3/c1-14-15(8-3-5-12-19)9-7-10-16(14)17(20)18-11-4-6-13-21-2/h7,9-10,19H,4-6,11-13H2,1-2H3,(H,18,20). The number of ether oxygens (including phenoxy) is 1. The van der Waals surface area contributed by atoms with Crippen molar-refractivity contribution >= 4 is 5.91 Å². The molecule has 21 heavy (non-hydrogen) atoms. The van der Waals surface area contributed by atoms with Gasteiger partial charge in [0.15, 0.2) is 0 Å². The fraction of sp³-hybridized carbons (Fsp3) is 0.471. The molecule has 1 amide bonds. The molecule has 114 valence electrons. The van der Waals surface area contributed by atoms with Crippen molar-refractivity contribution in [3.05, 3.63) is 34.9 Å². The Morgan fingerprint density at radius 3 is 2.90 bits per heavy atom. The van der Waals surface area contributed by atoms with Crippen LogP contribution in [0.3, 0.4) is 0 Å². The molecule has 0 aliphatic heterocycles. The summed E-state index contributed by atoms with van der Waals surface area (Å²) in [5.74, 6) is 5.79. The van der Waals surface area contributed by atoms with E-state index in [0.717, 1.165) is 24.0 Å². The van der Waals surface area contributed by atoms with Crippen molar-refractivity contribution in [2.75, 3.05) is 26.9 Å². The van der Waals surface area contributed by atoms with E-state index in [9.17, 15) is 4.79 Å². The van der Waals surface area contributed by atoms with Crippen LogP contribution in [0.15, 0.2) is 18.2 Å². The van der Waals surface area contributed by atoms with E-state index in [-0.39, 0.29) is 12.5 Å². The number of methoxy groups -OCH3 is 1. The summed E-state index contributed by atoms with van der Waals surface area (Å²) in [6.45, 7) is 3.30. The van der Waals surface area contributed by atoms with Gasteiger partial charge in [0.05, 0.1) is 6.61 Å². The van der Waals surface area contributed by atoms with Crippen molar-refractivity contribution in [2.45, 2.75) is 26.2 Å². The summed E-state index contributed by atoms with van der Waals surface area (Å²) < 4.78 is 4.97. The van der Waals surface area contributed by atoms with Crippen LogP contribution in [0.25, 0.3) is 0 Å². The quantitative estimate of drug-likeness (QED) is 0.595. The molecule has 0 radical (unpaired) electrons. The second-order valence-electron chi connectivity index (χ2n) is 4.71. The highest BCUT2D eigenvalue weighted by molar-refractivity contribution is 5.96. The van der Waals surface area contributed by atoms with Gasteiger partial charge in [-0.15, -0.1) is 0 Å². The molecule has 1 rings (SSSR count).